The average molecular weight is 359 g/mol. The third-order valence-electron chi connectivity index (χ3n) is 4.95. The summed E-state index contributed by atoms with van der Waals surface area (Å²) in [5, 5.41) is 2.66. The number of halogens is 1. The highest BCUT2D eigenvalue weighted by atomic mass is 19.1. The minimum Gasteiger partial charge on any atom is -0.442 e. The number of allylic oxidation sites excluding steroid dienone is 1. The van der Waals surface area contributed by atoms with Crippen LogP contribution in [0.1, 0.15) is 18.9 Å². The van der Waals surface area contributed by atoms with Crippen LogP contribution in [-0.2, 0) is 20.7 Å². The molecule has 0 bridgehead atoms. The summed E-state index contributed by atoms with van der Waals surface area (Å²) in [6.07, 6.45) is 2.88. The molecule has 2 atom stereocenters. The van der Waals surface area contributed by atoms with Gasteiger partial charge in [0.25, 0.3) is 0 Å². The van der Waals surface area contributed by atoms with Gasteiger partial charge in [0.2, 0.25) is 5.91 Å². The van der Waals surface area contributed by atoms with E-state index in [2.05, 4.69) is 5.32 Å². The molecule has 1 N–H and O–H groups in total. The summed E-state index contributed by atoms with van der Waals surface area (Å²) in [7, 11) is 0. The van der Waals surface area contributed by atoms with Crippen molar-refractivity contribution in [2.75, 3.05) is 22.9 Å². The van der Waals surface area contributed by atoms with Crippen molar-refractivity contribution in [2.45, 2.75) is 31.9 Å². The standard InChI is InChI=1S/C18H18FN3O4/c1-10(23)20-9-17-16-7-11-6-15(21-4-2-12(24)3-5-21)13(19)8-14(11)22(16)18(25)26-17/h2,4,6,8,16-17H,3,5,7,9H2,1H3,(H,20,23)/t16-,17-/m0/s1. The van der Waals surface area contributed by atoms with Crippen LogP contribution in [0.4, 0.5) is 20.6 Å². The van der Waals surface area contributed by atoms with E-state index >= 15 is 0 Å². The fourth-order valence-corrected chi connectivity index (χ4v) is 3.68. The quantitative estimate of drug-likeness (QED) is 0.885. The molecule has 2 amide bonds. The molecule has 1 aromatic rings. The smallest absolute Gasteiger partial charge is 0.415 e. The number of ketones is 1. The highest BCUT2D eigenvalue weighted by Gasteiger charge is 2.47. The first-order chi connectivity index (χ1) is 12.4. The topological polar surface area (TPSA) is 79.0 Å². The Morgan fingerprint density at radius 1 is 1.35 bits per heavy atom. The largest absolute Gasteiger partial charge is 0.442 e. The van der Waals surface area contributed by atoms with Gasteiger partial charge in [-0.2, -0.15) is 0 Å². The summed E-state index contributed by atoms with van der Waals surface area (Å²) < 4.78 is 20.0. The molecule has 4 rings (SSSR count). The lowest BCUT2D eigenvalue weighted by atomic mass is 10.0. The van der Waals surface area contributed by atoms with Crippen molar-refractivity contribution in [3.63, 3.8) is 0 Å². The molecule has 0 radical (unpaired) electrons. The van der Waals surface area contributed by atoms with E-state index in [-0.39, 0.29) is 24.3 Å². The van der Waals surface area contributed by atoms with E-state index in [9.17, 15) is 18.8 Å². The number of cyclic esters (lactones) is 1. The zero-order chi connectivity index (χ0) is 18.4. The molecule has 3 aliphatic heterocycles. The second kappa shape index (κ2) is 6.12. The molecule has 0 aromatic heterocycles. The van der Waals surface area contributed by atoms with E-state index in [1.54, 1.807) is 17.2 Å². The Morgan fingerprint density at radius 2 is 2.15 bits per heavy atom. The maximum absolute atomic E-state index is 14.7. The van der Waals surface area contributed by atoms with Gasteiger partial charge < -0.3 is 15.0 Å². The van der Waals surface area contributed by atoms with Crippen molar-refractivity contribution in [1.82, 2.24) is 5.32 Å². The van der Waals surface area contributed by atoms with Gasteiger partial charge in [0, 0.05) is 32.2 Å². The third-order valence-corrected chi connectivity index (χ3v) is 4.95. The van der Waals surface area contributed by atoms with Crippen LogP contribution in [-0.4, -0.2) is 43.0 Å². The van der Waals surface area contributed by atoms with E-state index in [4.69, 9.17) is 4.74 Å². The Bertz CT molecular complexity index is 838. The number of carbonyl (C=O) groups is 3. The van der Waals surface area contributed by atoms with Crippen LogP contribution in [0.15, 0.2) is 24.4 Å². The maximum Gasteiger partial charge on any atom is 0.415 e. The molecule has 8 heteroatoms. The zero-order valence-electron chi connectivity index (χ0n) is 14.2. The number of rotatable bonds is 3. The number of amides is 2. The predicted octanol–water partition coefficient (Wildman–Crippen LogP) is 1.50. The fourth-order valence-electron chi connectivity index (χ4n) is 3.68. The molecule has 0 aliphatic carbocycles. The third kappa shape index (κ3) is 2.71. The van der Waals surface area contributed by atoms with E-state index in [1.165, 1.54) is 24.0 Å². The van der Waals surface area contributed by atoms with E-state index in [1.807, 2.05) is 0 Å². The molecular weight excluding hydrogens is 341 g/mol. The Kier molecular flexibility index (Phi) is 3.90. The van der Waals surface area contributed by atoms with Gasteiger partial charge in [-0.3, -0.25) is 14.5 Å². The second-order valence-electron chi connectivity index (χ2n) is 6.66. The molecule has 0 spiro atoms. The number of carbonyl (C=O) groups excluding carboxylic acids is 3. The first-order valence-electron chi connectivity index (χ1n) is 8.48. The Balaban J connectivity index is 1.62. The molecular formula is C18H18FN3O4. The first-order valence-corrected chi connectivity index (χ1v) is 8.48. The molecule has 1 saturated heterocycles. The van der Waals surface area contributed by atoms with Crippen LogP contribution in [0.25, 0.3) is 0 Å². The van der Waals surface area contributed by atoms with Crippen LogP contribution in [0.3, 0.4) is 0 Å². The van der Waals surface area contributed by atoms with Crippen molar-refractivity contribution in [3.8, 4) is 0 Å². The summed E-state index contributed by atoms with van der Waals surface area (Å²) in [6, 6.07) is 2.81. The highest BCUT2D eigenvalue weighted by molar-refractivity contribution is 5.95. The van der Waals surface area contributed by atoms with Crippen molar-refractivity contribution in [1.29, 1.82) is 0 Å². The molecule has 1 fully saturated rings. The number of benzene rings is 1. The SMILES string of the molecule is CC(=O)NC[C@@H]1OC(=O)N2c3cc(F)c(N4C=CC(=O)CC4)cc3C[C@@H]12. The predicted molar refractivity (Wildman–Crippen MR) is 91.4 cm³/mol. The number of fused-ring (bicyclic) bond motifs is 3. The number of nitrogens with one attached hydrogen (secondary N) is 1. The summed E-state index contributed by atoms with van der Waals surface area (Å²) in [6.45, 7) is 2.05. The molecule has 136 valence electrons. The van der Waals surface area contributed by atoms with Gasteiger partial charge >= 0.3 is 6.09 Å². The lowest BCUT2D eigenvalue weighted by Crippen LogP contribution is -2.40. The Morgan fingerprint density at radius 3 is 2.85 bits per heavy atom. The van der Waals surface area contributed by atoms with Gasteiger partial charge in [0.05, 0.1) is 24.0 Å². The monoisotopic (exact) mass is 359 g/mol. The first kappa shape index (κ1) is 16.6. The normalized spacial score (nSPS) is 23.8. The average Bonchev–Trinajstić information content (AvgIpc) is 3.11. The molecule has 0 unspecified atom stereocenters. The Hall–Kier alpha value is -2.90. The van der Waals surface area contributed by atoms with Crippen molar-refractivity contribution in [3.05, 3.63) is 35.8 Å². The van der Waals surface area contributed by atoms with Crippen LogP contribution in [0, 0.1) is 5.82 Å². The van der Waals surface area contributed by atoms with E-state index in [0.717, 1.165) is 5.56 Å². The lowest BCUT2D eigenvalue weighted by Gasteiger charge is -2.24. The molecule has 7 nitrogen and oxygen atoms in total. The van der Waals surface area contributed by atoms with Gasteiger partial charge in [-0.15, -0.1) is 0 Å². The van der Waals surface area contributed by atoms with Gasteiger partial charge in [-0.05, 0) is 24.1 Å². The molecule has 1 aromatic carbocycles. The number of nitrogens with zero attached hydrogens (tertiary/aromatic N) is 2. The second-order valence-corrected chi connectivity index (χ2v) is 6.66. The summed E-state index contributed by atoms with van der Waals surface area (Å²) >= 11 is 0. The Labute approximate surface area is 149 Å². The van der Waals surface area contributed by atoms with Gasteiger partial charge in [-0.1, -0.05) is 0 Å². The van der Waals surface area contributed by atoms with Crippen LogP contribution in [0.2, 0.25) is 0 Å². The summed E-state index contributed by atoms with van der Waals surface area (Å²) in [5.41, 5.74) is 1.74. The highest BCUT2D eigenvalue weighted by Crippen LogP contribution is 2.41. The number of hydrogen-bond acceptors (Lipinski definition) is 5. The van der Waals surface area contributed by atoms with Gasteiger partial charge in [-0.25, -0.2) is 9.18 Å². The minimum atomic E-state index is -0.528. The van der Waals surface area contributed by atoms with E-state index < -0.39 is 18.0 Å². The van der Waals surface area contributed by atoms with Crippen molar-refractivity contribution < 1.29 is 23.5 Å². The fraction of sp³-hybridized carbons (Fsp3) is 0.389. The zero-order valence-corrected chi connectivity index (χ0v) is 14.2. The summed E-state index contributed by atoms with van der Waals surface area (Å²) in [4.78, 5) is 37.8. The van der Waals surface area contributed by atoms with Gasteiger partial charge in [0.15, 0.2) is 5.78 Å². The molecule has 0 saturated carbocycles. The molecule has 3 heterocycles. The van der Waals surface area contributed by atoms with Crippen LogP contribution in [0.5, 0.6) is 0 Å². The lowest BCUT2D eigenvalue weighted by molar-refractivity contribution is -0.119. The number of ether oxygens (including phenoxy) is 1. The van der Waals surface area contributed by atoms with Gasteiger partial charge in [0.1, 0.15) is 11.9 Å². The van der Waals surface area contributed by atoms with Crippen molar-refractivity contribution in [2.24, 2.45) is 0 Å². The van der Waals surface area contributed by atoms with Crippen molar-refractivity contribution >= 4 is 29.2 Å². The van der Waals surface area contributed by atoms with E-state index in [0.29, 0.717) is 30.8 Å². The number of anilines is 2. The minimum absolute atomic E-state index is 0.0204. The maximum atomic E-state index is 14.7. The molecule has 26 heavy (non-hydrogen) atoms. The molecule has 3 aliphatic rings. The number of hydrogen-bond donors (Lipinski definition) is 1. The van der Waals surface area contributed by atoms with Crippen LogP contribution >= 0.6 is 0 Å². The summed E-state index contributed by atoms with van der Waals surface area (Å²) in [5.74, 6) is -0.636. The van der Waals surface area contributed by atoms with Crippen LogP contribution < -0.4 is 15.1 Å².